The fourth-order valence-corrected chi connectivity index (χ4v) is 3.25. The third kappa shape index (κ3) is 3.54. The smallest absolute Gasteiger partial charge is 0.203 e. The minimum atomic E-state index is -0.299. The number of anilines is 2. The van der Waals surface area contributed by atoms with Crippen LogP contribution in [0.25, 0.3) is 22.3 Å². The van der Waals surface area contributed by atoms with E-state index in [0.29, 0.717) is 28.6 Å². The first-order valence-corrected chi connectivity index (χ1v) is 8.93. The molecule has 4 aromatic rings. The van der Waals surface area contributed by atoms with Crippen molar-refractivity contribution < 1.29 is 18.6 Å². The number of pyridine rings is 1. The third-order valence-corrected chi connectivity index (χ3v) is 4.61. The molecule has 0 aliphatic heterocycles. The van der Waals surface area contributed by atoms with Crippen molar-refractivity contribution >= 4 is 22.4 Å². The summed E-state index contributed by atoms with van der Waals surface area (Å²) in [5.74, 6) is 1.35. The van der Waals surface area contributed by atoms with E-state index in [1.165, 1.54) is 12.1 Å². The van der Waals surface area contributed by atoms with Crippen molar-refractivity contribution in [1.29, 1.82) is 0 Å². The summed E-state index contributed by atoms with van der Waals surface area (Å²) in [6.45, 7) is 0. The maximum Gasteiger partial charge on any atom is 0.203 e. The van der Waals surface area contributed by atoms with Crippen LogP contribution in [0.5, 0.6) is 17.2 Å². The average molecular weight is 393 g/mol. The van der Waals surface area contributed by atoms with Gasteiger partial charge in [-0.2, -0.15) is 0 Å². The minimum Gasteiger partial charge on any atom is -0.493 e. The lowest BCUT2D eigenvalue weighted by Gasteiger charge is -2.13. The molecule has 0 aliphatic rings. The summed E-state index contributed by atoms with van der Waals surface area (Å²) in [5.41, 5.74) is 3.87. The number of methoxy groups -OCH3 is 3. The largest absolute Gasteiger partial charge is 0.493 e. The topological polar surface area (TPSA) is 68.4 Å². The second kappa shape index (κ2) is 7.71. The molecule has 0 saturated carbocycles. The lowest BCUT2D eigenvalue weighted by molar-refractivity contribution is 0.324. The summed E-state index contributed by atoms with van der Waals surface area (Å²) in [6, 6.07) is 13.9. The average Bonchev–Trinajstić information content (AvgIpc) is 3.18. The molecule has 6 nitrogen and oxygen atoms in total. The first kappa shape index (κ1) is 18.6. The van der Waals surface area contributed by atoms with Gasteiger partial charge < -0.3 is 24.5 Å². The van der Waals surface area contributed by atoms with Gasteiger partial charge in [-0.05, 0) is 42.5 Å². The van der Waals surface area contributed by atoms with E-state index in [0.717, 1.165) is 22.3 Å². The van der Waals surface area contributed by atoms with Crippen LogP contribution in [0.2, 0.25) is 0 Å². The summed E-state index contributed by atoms with van der Waals surface area (Å²) in [7, 11) is 4.72. The van der Waals surface area contributed by atoms with Crippen LogP contribution >= 0.6 is 0 Å². The van der Waals surface area contributed by atoms with Crippen molar-refractivity contribution in [3.8, 4) is 28.5 Å². The number of nitrogens with zero attached hydrogens (tertiary/aromatic N) is 1. The number of rotatable bonds is 6. The number of aromatic amines is 1. The van der Waals surface area contributed by atoms with Crippen LogP contribution < -0.4 is 19.5 Å². The van der Waals surface area contributed by atoms with E-state index >= 15 is 0 Å². The van der Waals surface area contributed by atoms with Crippen molar-refractivity contribution in [2.24, 2.45) is 0 Å². The number of aromatic nitrogens is 2. The van der Waals surface area contributed by atoms with Crippen molar-refractivity contribution in [1.82, 2.24) is 9.97 Å². The van der Waals surface area contributed by atoms with Crippen LogP contribution in [-0.2, 0) is 0 Å². The number of ether oxygens (including phenoxy) is 3. The minimum absolute atomic E-state index is 0.299. The quantitative estimate of drug-likeness (QED) is 0.475. The van der Waals surface area contributed by atoms with Crippen molar-refractivity contribution in [2.75, 3.05) is 26.6 Å². The summed E-state index contributed by atoms with van der Waals surface area (Å²) >= 11 is 0. The monoisotopic (exact) mass is 393 g/mol. The van der Waals surface area contributed by atoms with Crippen LogP contribution in [0.15, 0.2) is 54.7 Å². The second-order valence-corrected chi connectivity index (χ2v) is 6.35. The molecular weight excluding hydrogens is 373 g/mol. The second-order valence-electron chi connectivity index (χ2n) is 6.35. The molecule has 7 heteroatoms. The molecule has 0 spiro atoms. The molecule has 4 rings (SSSR count). The molecule has 29 heavy (non-hydrogen) atoms. The zero-order chi connectivity index (χ0) is 20.4. The van der Waals surface area contributed by atoms with E-state index in [1.807, 2.05) is 30.3 Å². The van der Waals surface area contributed by atoms with E-state index in [2.05, 4.69) is 15.3 Å². The molecule has 2 aromatic heterocycles. The summed E-state index contributed by atoms with van der Waals surface area (Å²) in [6.07, 6.45) is 1.69. The maximum absolute atomic E-state index is 13.5. The predicted molar refractivity (Wildman–Crippen MR) is 111 cm³/mol. The van der Waals surface area contributed by atoms with Gasteiger partial charge in [0.2, 0.25) is 5.75 Å². The van der Waals surface area contributed by atoms with E-state index < -0.39 is 0 Å². The molecule has 0 radical (unpaired) electrons. The van der Waals surface area contributed by atoms with Gasteiger partial charge in [0.15, 0.2) is 11.5 Å². The maximum atomic E-state index is 13.5. The van der Waals surface area contributed by atoms with Crippen LogP contribution in [0.4, 0.5) is 15.8 Å². The molecule has 2 N–H and O–H groups in total. The molecule has 148 valence electrons. The number of H-pyrrole nitrogens is 1. The lowest BCUT2D eigenvalue weighted by Crippen LogP contribution is -1.95. The predicted octanol–water partition coefficient (Wildman–Crippen LogP) is 5.14. The van der Waals surface area contributed by atoms with Gasteiger partial charge >= 0.3 is 0 Å². The van der Waals surface area contributed by atoms with Gasteiger partial charge in [0.25, 0.3) is 0 Å². The highest BCUT2D eigenvalue weighted by atomic mass is 19.1. The molecule has 2 heterocycles. The van der Waals surface area contributed by atoms with Crippen LogP contribution in [0.3, 0.4) is 0 Å². The number of benzene rings is 2. The van der Waals surface area contributed by atoms with Crippen LogP contribution in [-0.4, -0.2) is 31.3 Å². The molecule has 0 saturated heterocycles. The van der Waals surface area contributed by atoms with Gasteiger partial charge in [-0.3, -0.25) is 0 Å². The Bertz CT molecular complexity index is 1150. The van der Waals surface area contributed by atoms with E-state index in [4.69, 9.17) is 14.2 Å². The van der Waals surface area contributed by atoms with Crippen molar-refractivity contribution in [3.05, 3.63) is 60.5 Å². The molecule has 0 atom stereocenters. The SMILES string of the molecule is COc1cc(-c2cc3c(Nc4cccc(F)c4)ccnc3[nH]2)cc(OC)c1OC. The Morgan fingerprint density at radius 1 is 0.931 bits per heavy atom. The van der Waals surface area contributed by atoms with Gasteiger partial charge in [-0.25, -0.2) is 9.37 Å². The first-order valence-electron chi connectivity index (χ1n) is 8.93. The first-order chi connectivity index (χ1) is 14.1. The molecular formula is C22H20FN3O3. The molecule has 0 fully saturated rings. The Kier molecular flexibility index (Phi) is 4.95. The standard InChI is InChI=1S/C22H20FN3O3/c1-27-19-9-13(10-20(28-2)21(19)29-3)18-12-16-17(7-8-24-22(16)26-18)25-15-6-4-5-14(23)11-15/h4-12H,1-3H3,(H2,24,25,26). The van der Waals surface area contributed by atoms with Crippen LogP contribution in [0.1, 0.15) is 0 Å². The Hall–Kier alpha value is -3.74. The van der Waals surface area contributed by atoms with Crippen molar-refractivity contribution in [2.45, 2.75) is 0 Å². The number of hydrogen-bond donors (Lipinski definition) is 2. The summed E-state index contributed by atoms with van der Waals surface area (Å²) < 4.78 is 29.8. The van der Waals surface area contributed by atoms with Crippen molar-refractivity contribution in [3.63, 3.8) is 0 Å². The summed E-state index contributed by atoms with van der Waals surface area (Å²) in [4.78, 5) is 7.72. The molecule has 0 aliphatic carbocycles. The van der Waals surface area contributed by atoms with Gasteiger partial charge in [-0.1, -0.05) is 6.07 Å². The Morgan fingerprint density at radius 2 is 1.69 bits per heavy atom. The Labute approximate surface area is 167 Å². The molecule has 2 aromatic carbocycles. The molecule has 0 bridgehead atoms. The molecule has 0 amide bonds. The van der Waals surface area contributed by atoms with Gasteiger partial charge in [0.05, 0.1) is 27.0 Å². The Balaban J connectivity index is 1.79. The number of halogens is 1. The fraction of sp³-hybridized carbons (Fsp3) is 0.136. The third-order valence-electron chi connectivity index (χ3n) is 4.61. The fourth-order valence-electron chi connectivity index (χ4n) is 3.25. The van der Waals surface area contributed by atoms with E-state index in [9.17, 15) is 4.39 Å². The Morgan fingerprint density at radius 3 is 2.34 bits per heavy atom. The van der Waals surface area contributed by atoms with E-state index in [-0.39, 0.29) is 5.82 Å². The highest BCUT2D eigenvalue weighted by Gasteiger charge is 2.16. The number of nitrogens with one attached hydrogen (secondary N) is 2. The normalized spacial score (nSPS) is 10.8. The zero-order valence-corrected chi connectivity index (χ0v) is 16.2. The highest BCUT2D eigenvalue weighted by molar-refractivity contribution is 5.95. The number of hydrogen-bond acceptors (Lipinski definition) is 5. The zero-order valence-electron chi connectivity index (χ0n) is 16.2. The van der Waals surface area contributed by atoms with Gasteiger partial charge in [0, 0.05) is 28.5 Å². The highest BCUT2D eigenvalue weighted by Crippen LogP contribution is 2.41. The lowest BCUT2D eigenvalue weighted by atomic mass is 10.1. The van der Waals surface area contributed by atoms with E-state index in [1.54, 1.807) is 33.6 Å². The van der Waals surface area contributed by atoms with Gasteiger partial charge in [-0.15, -0.1) is 0 Å². The number of fused-ring (bicyclic) bond motifs is 1. The van der Waals surface area contributed by atoms with Crippen LogP contribution in [0, 0.1) is 5.82 Å². The van der Waals surface area contributed by atoms with Gasteiger partial charge in [0.1, 0.15) is 11.5 Å². The molecule has 0 unspecified atom stereocenters. The summed E-state index contributed by atoms with van der Waals surface area (Å²) in [5, 5.41) is 4.12.